The summed E-state index contributed by atoms with van der Waals surface area (Å²) in [5.41, 5.74) is 0.303. The lowest BCUT2D eigenvalue weighted by Crippen LogP contribution is -2.31. The lowest BCUT2D eigenvalue weighted by molar-refractivity contribution is 0.0948. The second kappa shape index (κ2) is 4.15. The molecule has 1 amide bonds. The highest BCUT2D eigenvalue weighted by Crippen LogP contribution is 2.21. The minimum atomic E-state index is -1.65. The molecular weight excluding hydrogens is 209 g/mol. The first kappa shape index (κ1) is 11.0. The monoisotopic (exact) mass is 221 g/mol. The van der Waals surface area contributed by atoms with Crippen molar-refractivity contribution in [3.8, 4) is 5.75 Å². The fourth-order valence-electron chi connectivity index (χ4n) is 1.39. The molecule has 1 aromatic rings. The van der Waals surface area contributed by atoms with Crippen LogP contribution in [-0.2, 0) is 0 Å². The largest absolute Gasteiger partial charge is 0.507 e. The number of hydrogen-bond donors (Lipinski definition) is 4. The number of hydrogen-bond acceptors (Lipinski definition) is 4. The summed E-state index contributed by atoms with van der Waals surface area (Å²) in [6.45, 7) is 0. The van der Waals surface area contributed by atoms with Crippen molar-refractivity contribution in [2.24, 2.45) is 0 Å². The molecule has 0 bridgehead atoms. The average Bonchev–Trinajstić information content (AvgIpc) is 3.01. The van der Waals surface area contributed by atoms with Gasteiger partial charge in [0.2, 0.25) is 0 Å². The first-order chi connectivity index (χ1) is 7.58. The highest BCUT2D eigenvalue weighted by molar-refractivity contribution is 6.58. The number of aromatic hydroxyl groups is 1. The quantitative estimate of drug-likeness (QED) is 0.491. The van der Waals surface area contributed by atoms with E-state index in [0.29, 0.717) is 0 Å². The molecule has 84 valence electrons. The number of carbonyl (C=O) groups is 1. The van der Waals surface area contributed by atoms with E-state index < -0.39 is 7.12 Å². The van der Waals surface area contributed by atoms with Crippen LogP contribution in [0.4, 0.5) is 0 Å². The molecule has 0 saturated heterocycles. The van der Waals surface area contributed by atoms with Crippen LogP contribution in [0, 0.1) is 0 Å². The first-order valence-electron chi connectivity index (χ1n) is 5.08. The van der Waals surface area contributed by atoms with Gasteiger partial charge in [0.05, 0.1) is 5.56 Å². The molecule has 6 heteroatoms. The van der Waals surface area contributed by atoms with Crippen molar-refractivity contribution in [3.05, 3.63) is 23.8 Å². The van der Waals surface area contributed by atoms with Crippen molar-refractivity contribution in [2.45, 2.75) is 18.9 Å². The number of carbonyl (C=O) groups excluding carboxylic acids is 1. The van der Waals surface area contributed by atoms with Crippen LogP contribution >= 0.6 is 0 Å². The molecule has 0 aromatic heterocycles. The lowest BCUT2D eigenvalue weighted by atomic mass is 9.80. The molecule has 2 rings (SSSR count). The Bertz CT molecular complexity index is 417. The summed E-state index contributed by atoms with van der Waals surface area (Å²) < 4.78 is 0. The van der Waals surface area contributed by atoms with Gasteiger partial charge in [-0.1, -0.05) is 6.07 Å². The highest BCUT2D eigenvalue weighted by Gasteiger charge is 2.25. The zero-order valence-electron chi connectivity index (χ0n) is 8.55. The Morgan fingerprint density at radius 3 is 2.56 bits per heavy atom. The van der Waals surface area contributed by atoms with Gasteiger partial charge in [-0.25, -0.2) is 0 Å². The number of rotatable bonds is 3. The number of nitrogens with one attached hydrogen (secondary N) is 1. The third kappa shape index (κ3) is 2.34. The first-order valence-corrected chi connectivity index (χ1v) is 5.08. The second-order valence-corrected chi connectivity index (χ2v) is 3.90. The zero-order valence-corrected chi connectivity index (χ0v) is 8.55. The molecule has 0 spiro atoms. The molecule has 0 atom stereocenters. The van der Waals surface area contributed by atoms with Gasteiger partial charge in [-0.2, -0.15) is 0 Å². The minimum absolute atomic E-state index is 0.149. The Kier molecular flexibility index (Phi) is 2.85. The lowest BCUT2D eigenvalue weighted by Gasteiger charge is -2.07. The fourth-order valence-corrected chi connectivity index (χ4v) is 1.39. The van der Waals surface area contributed by atoms with Gasteiger partial charge in [0.25, 0.3) is 5.91 Å². The Labute approximate surface area is 92.9 Å². The standard InChI is InChI=1S/C10H12BNO4/c13-9-5-6(11(15)16)1-4-8(9)10(14)12-7-2-3-7/h1,4-5,7,13,15-16H,2-3H2,(H,12,14). The average molecular weight is 221 g/mol. The molecule has 1 aliphatic rings. The van der Waals surface area contributed by atoms with Crippen molar-refractivity contribution in [2.75, 3.05) is 0 Å². The van der Waals surface area contributed by atoms with Crippen LogP contribution in [0.1, 0.15) is 23.2 Å². The smallest absolute Gasteiger partial charge is 0.488 e. The summed E-state index contributed by atoms with van der Waals surface area (Å²) in [6, 6.07) is 4.16. The van der Waals surface area contributed by atoms with Crippen LogP contribution in [0.25, 0.3) is 0 Å². The van der Waals surface area contributed by atoms with Crippen molar-refractivity contribution < 1.29 is 19.9 Å². The summed E-state index contributed by atoms with van der Waals surface area (Å²) in [5, 5.41) is 30.1. The van der Waals surface area contributed by atoms with Crippen molar-refractivity contribution in [1.29, 1.82) is 0 Å². The molecule has 1 aromatic carbocycles. The summed E-state index contributed by atoms with van der Waals surface area (Å²) >= 11 is 0. The van der Waals surface area contributed by atoms with E-state index in [4.69, 9.17) is 10.0 Å². The molecule has 1 saturated carbocycles. The van der Waals surface area contributed by atoms with Crippen LogP contribution in [-0.4, -0.2) is 34.2 Å². The normalized spacial score (nSPS) is 14.6. The van der Waals surface area contributed by atoms with Gasteiger partial charge in [0.1, 0.15) is 5.75 Å². The van der Waals surface area contributed by atoms with E-state index in [9.17, 15) is 9.90 Å². The maximum atomic E-state index is 11.6. The second-order valence-electron chi connectivity index (χ2n) is 3.90. The molecule has 16 heavy (non-hydrogen) atoms. The Balaban J connectivity index is 2.17. The maximum absolute atomic E-state index is 11.6. The third-order valence-electron chi connectivity index (χ3n) is 2.48. The molecule has 5 nitrogen and oxygen atoms in total. The van der Waals surface area contributed by atoms with Gasteiger partial charge < -0.3 is 20.5 Å². The van der Waals surface area contributed by atoms with E-state index >= 15 is 0 Å². The van der Waals surface area contributed by atoms with E-state index in [1.54, 1.807) is 0 Å². The summed E-state index contributed by atoms with van der Waals surface area (Å²) in [7, 11) is -1.65. The summed E-state index contributed by atoms with van der Waals surface area (Å²) in [4.78, 5) is 11.6. The number of phenolic OH excluding ortho intramolecular Hbond substituents is 1. The molecule has 1 fully saturated rings. The van der Waals surface area contributed by atoms with Crippen molar-refractivity contribution in [1.82, 2.24) is 5.32 Å². The van der Waals surface area contributed by atoms with Gasteiger partial charge in [0.15, 0.2) is 0 Å². The molecule has 0 unspecified atom stereocenters. The van der Waals surface area contributed by atoms with Gasteiger partial charge in [0, 0.05) is 6.04 Å². The molecule has 0 heterocycles. The summed E-state index contributed by atoms with van der Waals surface area (Å²) in [5.74, 6) is -0.581. The Morgan fingerprint density at radius 2 is 2.06 bits per heavy atom. The Morgan fingerprint density at radius 1 is 1.38 bits per heavy atom. The predicted octanol–water partition coefficient (Wildman–Crippen LogP) is -1.04. The Hall–Kier alpha value is -1.53. The van der Waals surface area contributed by atoms with E-state index in [2.05, 4.69) is 5.32 Å². The highest BCUT2D eigenvalue weighted by atomic mass is 16.4. The van der Waals surface area contributed by atoms with Crippen LogP contribution in [0.2, 0.25) is 0 Å². The molecule has 4 N–H and O–H groups in total. The van der Waals surface area contributed by atoms with Crippen molar-refractivity contribution in [3.63, 3.8) is 0 Å². The fraction of sp³-hybridized carbons (Fsp3) is 0.300. The number of phenols is 1. The molecule has 0 radical (unpaired) electrons. The van der Waals surface area contributed by atoms with Crippen LogP contribution in [0.3, 0.4) is 0 Å². The van der Waals surface area contributed by atoms with Crippen LogP contribution < -0.4 is 10.8 Å². The van der Waals surface area contributed by atoms with Crippen molar-refractivity contribution >= 4 is 18.5 Å². The van der Waals surface area contributed by atoms with Gasteiger partial charge >= 0.3 is 7.12 Å². The topological polar surface area (TPSA) is 89.8 Å². The maximum Gasteiger partial charge on any atom is 0.488 e. The zero-order chi connectivity index (χ0) is 11.7. The molecule has 1 aliphatic carbocycles. The number of benzene rings is 1. The van der Waals surface area contributed by atoms with E-state index in [1.807, 2.05) is 0 Å². The third-order valence-corrected chi connectivity index (χ3v) is 2.48. The molecule has 0 aliphatic heterocycles. The van der Waals surface area contributed by atoms with E-state index in [1.165, 1.54) is 18.2 Å². The SMILES string of the molecule is O=C(NC1CC1)c1ccc(B(O)O)cc1O. The predicted molar refractivity (Wildman–Crippen MR) is 58.4 cm³/mol. The van der Waals surface area contributed by atoms with E-state index in [0.717, 1.165) is 12.8 Å². The minimum Gasteiger partial charge on any atom is -0.507 e. The van der Waals surface area contributed by atoms with Gasteiger partial charge in [-0.3, -0.25) is 4.79 Å². The molecular formula is C10H12BNO4. The number of amides is 1. The van der Waals surface area contributed by atoms with Gasteiger partial charge in [-0.05, 0) is 30.4 Å². The summed E-state index contributed by atoms with van der Waals surface area (Å²) in [6.07, 6.45) is 1.94. The van der Waals surface area contributed by atoms with Gasteiger partial charge in [-0.15, -0.1) is 0 Å². The van der Waals surface area contributed by atoms with Crippen LogP contribution in [0.5, 0.6) is 5.75 Å². The van der Waals surface area contributed by atoms with E-state index in [-0.39, 0.29) is 28.7 Å². The van der Waals surface area contributed by atoms with Crippen LogP contribution in [0.15, 0.2) is 18.2 Å².